The standard InChI is InChI=1S/C7H9NO4/c9-7(10)5-2-3-1-4(3)6(5)8(11)12/h3-6H,1-2H2,(H,9,10). The van der Waals surface area contributed by atoms with Crippen LogP contribution in [0.3, 0.4) is 0 Å². The summed E-state index contributed by atoms with van der Waals surface area (Å²) in [6.45, 7) is 0. The number of hydrogen-bond acceptors (Lipinski definition) is 3. The summed E-state index contributed by atoms with van der Waals surface area (Å²) in [7, 11) is 0. The topological polar surface area (TPSA) is 80.4 Å². The summed E-state index contributed by atoms with van der Waals surface area (Å²) >= 11 is 0. The van der Waals surface area contributed by atoms with Crippen LogP contribution in [0.4, 0.5) is 0 Å². The van der Waals surface area contributed by atoms with Gasteiger partial charge in [-0.05, 0) is 18.8 Å². The van der Waals surface area contributed by atoms with Gasteiger partial charge in [0, 0.05) is 10.8 Å². The highest BCUT2D eigenvalue weighted by molar-refractivity contribution is 5.71. The van der Waals surface area contributed by atoms with Gasteiger partial charge in [-0.1, -0.05) is 0 Å². The third kappa shape index (κ3) is 0.888. The van der Waals surface area contributed by atoms with E-state index in [-0.39, 0.29) is 5.92 Å². The zero-order valence-electron chi connectivity index (χ0n) is 6.34. The zero-order chi connectivity index (χ0) is 8.88. The van der Waals surface area contributed by atoms with Crippen molar-refractivity contribution in [3.63, 3.8) is 0 Å². The molecule has 0 aromatic rings. The summed E-state index contributed by atoms with van der Waals surface area (Å²) in [5.74, 6) is -1.37. The Balaban J connectivity index is 2.16. The first-order chi connectivity index (χ1) is 5.61. The van der Waals surface area contributed by atoms with Gasteiger partial charge in [0.1, 0.15) is 5.92 Å². The molecule has 0 aliphatic heterocycles. The molecule has 0 spiro atoms. The number of hydrogen-bond donors (Lipinski definition) is 1. The molecule has 2 aliphatic carbocycles. The van der Waals surface area contributed by atoms with Gasteiger partial charge in [-0.25, -0.2) is 0 Å². The smallest absolute Gasteiger partial charge is 0.313 e. The van der Waals surface area contributed by atoms with E-state index in [1.54, 1.807) is 0 Å². The van der Waals surface area contributed by atoms with E-state index in [0.717, 1.165) is 6.42 Å². The van der Waals surface area contributed by atoms with Gasteiger partial charge < -0.3 is 5.11 Å². The van der Waals surface area contributed by atoms with Crippen LogP contribution in [0, 0.1) is 27.9 Å². The molecule has 2 saturated carbocycles. The van der Waals surface area contributed by atoms with Crippen molar-refractivity contribution in [1.82, 2.24) is 0 Å². The highest BCUT2D eigenvalue weighted by Gasteiger charge is 2.62. The SMILES string of the molecule is O=C(O)C1CC2CC2C1[N+](=O)[O-]. The maximum absolute atomic E-state index is 10.6. The van der Waals surface area contributed by atoms with E-state index in [2.05, 4.69) is 0 Å². The summed E-state index contributed by atoms with van der Waals surface area (Å²) in [5.41, 5.74) is 0. The van der Waals surface area contributed by atoms with Gasteiger partial charge in [0.15, 0.2) is 0 Å². The van der Waals surface area contributed by atoms with Crippen molar-refractivity contribution in [3.8, 4) is 0 Å². The second kappa shape index (κ2) is 2.18. The van der Waals surface area contributed by atoms with Gasteiger partial charge in [-0.2, -0.15) is 0 Å². The molecule has 1 N–H and O–H groups in total. The fraction of sp³-hybridized carbons (Fsp3) is 0.857. The number of fused-ring (bicyclic) bond motifs is 1. The number of carboxylic acids is 1. The number of carboxylic acid groups (broad SMARTS) is 1. The average molecular weight is 171 g/mol. The number of aliphatic carboxylic acids is 1. The van der Waals surface area contributed by atoms with E-state index >= 15 is 0 Å². The Morgan fingerprint density at radius 2 is 2.17 bits per heavy atom. The number of nitrogens with zero attached hydrogens (tertiary/aromatic N) is 1. The number of carbonyl (C=O) groups is 1. The Morgan fingerprint density at radius 3 is 2.58 bits per heavy atom. The molecule has 0 bridgehead atoms. The van der Waals surface area contributed by atoms with Gasteiger partial charge in [0.2, 0.25) is 6.04 Å². The van der Waals surface area contributed by atoms with Crippen LogP contribution in [0.15, 0.2) is 0 Å². The minimum Gasteiger partial charge on any atom is -0.481 e. The lowest BCUT2D eigenvalue weighted by Crippen LogP contribution is -2.32. The second-order valence-corrected chi connectivity index (χ2v) is 3.62. The van der Waals surface area contributed by atoms with Gasteiger partial charge in [-0.15, -0.1) is 0 Å². The quantitative estimate of drug-likeness (QED) is 0.480. The molecule has 4 unspecified atom stereocenters. The Hall–Kier alpha value is -1.13. The lowest BCUT2D eigenvalue weighted by Gasteiger charge is -2.10. The fourth-order valence-corrected chi connectivity index (χ4v) is 2.27. The van der Waals surface area contributed by atoms with Crippen molar-refractivity contribution in [2.75, 3.05) is 0 Å². The van der Waals surface area contributed by atoms with Crippen molar-refractivity contribution in [2.45, 2.75) is 18.9 Å². The first-order valence-corrected chi connectivity index (χ1v) is 3.97. The fourth-order valence-electron chi connectivity index (χ4n) is 2.27. The predicted molar refractivity (Wildman–Crippen MR) is 38.1 cm³/mol. The largest absolute Gasteiger partial charge is 0.481 e. The molecule has 0 heterocycles. The molecule has 4 atom stereocenters. The molecule has 66 valence electrons. The van der Waals surface area contributed by atoms with Crippen LogP contribution in [0.1, 0.15) is 12.8 Å². The van der Waals surface area contributed by atoms with E-state index in [1.165, 1.54) is 0 Å². The summed E-state index contributed by atoms with van der Waals surface area (Å²) < 4.78 is 0. The Morgan fingerprint density at radius 1 is 1.50 bits per heavy atom. The van der Waals surface area contributed by atoms with E-state index in [0.29, 0.717) is 12.3 Å². The van der Waals surface area contributed by atoms with Crippen LogP contribution >= 0.6 is 0 Å². The van der Waals surface area contributed by atoms with Crippen molar-refractivity contribution in [3.05, 3.63) is 10.1 Å². The molecular weight excluding hydrogens is 162 g/mol. The van der Waals surface area contributed by atoms with Gasteiger partial charge in [-0.3, -0.25) is 14.9 Å². The molecule has 2 aliphatic rings. The molecule has 0 aromatic carbocycles. The van der Waals surface area contributed by atoms with E-state index in [9.17, 15) is 14.9 Å². The summed E-state index contributed by atoms with van der Waals surface area (Å²) in [6.07, 6.45) is 1.36. The maximum atomic E-state index is 10.6. The Kier molecular flexibility index (Phi) is 1.37. The molecule has 0 amide bonds. The average Bonchev–Trinajstić information content (AvgIpc) is 2.60. The van der Waals surface area contributed by atoms with Crippen molar-refractivity contribution in [2.24, 2.45) is 17.8 Å². The Bertz CT molecular complexity index is 252. The summed E-state index contributed by atoms with van der Waals surface area (Å²) in [5, 5.41) is 19.2. The van der Waals surface area contributed by atoms with Gasteiger partial charge >= 0.3 is 5.97 Å². The highest BCUT2D eigenvalue weighted by atomic mass is 16.6. The highest BCUT2D eigenvalue weighted by Crippen LogP contribution is 2.55. The lowest BCUT2D eigenvalue weighted by atomic mass is 9.99. The van der Waals surface area contributed by atoms with Crippen molar-refractivity contribution >= 4 is 5.97 Å². The first-order valence-electron chi connectivity index (χ1n) is 3.97. The monoisotopic (exact) mass is 171 g/mol. The molecule has 5 nitrogen and oxygen atoms in total. The third-order valence-corrected chi connectivity index (χ3v) is 2.95. The van der Waals surface area contributed by atoms with Gasteiger partial charge in [0.25, 0.3) is 0 Å². The predicted octanol–water partition coefficient (Wildman–Crippen LogP) is 0.372. The Labute approximate surface area is 68.5 Å². The summed E-state index contributed by atoms with van der Waals surface area (Å²) in [6, 6.07) is -0.813. The van der Waals surface area contributed by atoms with Crippen LogP contribution in [-0.2, 0) is 4.79 Å². The first kappa shape index (κ1) is 7.52. The van der Waals surface area contributed by atoms with Crippen LogP contribution < -0.4 is 0 Å². The third-order valence-electron chi connectivity index (χ3n) is 2.95. The van der Waals surface area contributed by atoms with Gasteiger partial charge in [0.05, 0.1) is 0 Å². The van der Waals surface area contributed by atoms with Crippen LogP contribution in [0.5, 0.6) is 0 Å². The normalized spacial score (nSPS) is 43.7. The molecule has 0 radical (unpaired) electrons. The van der Waals surface area contributed by atoms with Crippen LogP contribution in [-0.4, -0.2) is 22.0 Å². The maximum Gasteiger partial charge on any atom is 0.313 e. The molecule has 2 rings (SSSR count). The molecule has 5 heteroatoms. The minimum atomic E-state index is -1.01. The van der Waals surface area contributed by atoms with E-state index in [4.69, 9.17) is 5.11 Å². The lowest BCUT2D eigenvalue weighted by molar-refractivity contribution is -0.531. The van der Waals surface area contributed by atoms with Crippen molar-refractivity contribution < 1.29 is 14.8 Å². The molecule has 2 fully saturated rings. The van der Waals surface area contributed by atoms with Crippen molar-refractivity contribution in [1.29, 1.82) is 0 Å². The summed E-state index contributed by atoms with van der Waals surface area (Å²) in [4.78, 5) is 20.7. The van der Waals surface area contributed by atoms with E-state index < -0.39 is 22.9 Å². The minimum absolute atomic E-state index is 0.0566. The molecule has 0 aromatic heterocycles. The van der Waals surface area contributed by atoms with Crippen LogP contribution in [0.2, 0.25) is 0 Å². The second-order valence-electron chi connectivity index (χ2n) is 3.62. The molecule has 12 heavy (non-hydrogen) atoms. The number of rotatable bonds is 2. The molecule has 0 saturated heterocycles. The number of nitro groups is 1. The van der Waals surface area contributed by atoms with E-state index in [1.807, 2.05) is 0 Å². The zero-order valence-corrected chi connectivity index (χ0v) is 6.34. The van der Waals surface area contributed by atoms with Crippen LogP contribution in [0.25, 0.3) is 0 Å². The molecular formula is C7H9NO4.